The van der Waals surface area contributed by atoms with Crippen molar-refractivity contribution in [3.63, 3.8) is 0 Å². The van der Waals surface area contributed by atoms with Gasteiger partial charge in [-0.1, -0.05) is 15.9 Å². The Morgan fingerprint density at radius 1 is 1.24 bits per heavy atom. The van der Waals surface area contributed by atoms with E-state index in [1.165, 1.54) is 12.1 Å². The Balaban J connectivity index is 1.76. The van der Waals surface area contributed by atoms with E-state index in [0.717, 1.165) is 15.6 Å². The monoisotopic (exact) mass is 402 g/mol. The lowest BCUT2D eigenvalue weighted by Gasteiger charge is -2.09. The van der Waals surface area contributed by atoms with E-state index in [1.54, 1.807) is 32.2 Å². The second-order valence-electron chi connectivity index (χ2n) is 5.65. The summed E-state index contributed by atoms with van der Waals surface area (Å²) < 4.78 is 14.1. The first kappa shape index (κ1) is 17.3. The van der Waals surface area contributed by atoms with Crippen LogP contribution in [-0.2, 0) is 6.54 Å². The van der Waals surface area contributed by atoms with Gasteiger partial charge in [-0.2, -0.15) is 0 Å². The molecule has 25 heavy (non-hydrogen) atoms. The van der Waals surface area contributed by atoms with Crippen LogP contribution in [0.15, 0.2) is 45.8 Å². The SMILES string of the molecule is Cc1nc(-c2ccc(NCc3cc(F)ccc3Br)nc2)[nH]c(=O)c1C. The molecule has 0 saturated heterocycles. The minimum atomic E-state index is -0.284. The fourth-order valence-corrected chi connectivity index (χ4v) is 2.67. The molecule has 3 aromatic rings. The van der Waals surface area contributed by atoms with Crippen LogP contribution in [-0.4, -0.2) is 15.0 Å². The normalized spacial score (nSPS) is 10.7. The number of aryl methyl sites for hydroxylation is 1. The molecule has 0 unspecified atom stereocenters. The Labute approximate surface area is 152 Å². The summed E-state index contributed by atoms with van der Waals surface area (Å²) in [5.41, 5.74) is 2.66. The maximum absolute atomic E-state index is 13.3. The van der Waals surface area contributed by atoms with Crippen LogP contribution < -0.4 is 10.9 Å². The van der Waals surface area contributed by atoms with Gasteiger partial charge in [0.2, 0.25) is 0 Å². The van der Waals surface area contributed by atoms with Crippen LogP contribution in [0.3, 0.4) is 0 Å². The quantitative estimate of drug-likeness (QED) is 0.692. The Hall–Kier alpha value is -2.54. The molecule has 0 atom stereocenters. The van der Waals surface area contributed by atoms with Gasteiger partial charge < -0.3 is 10.3 Å². The van der Waals surface area contributed by atoms with Crippen molar-refractivity contribution >= 4 is 21.7 Å². The lowest BCUT2D eigenvalue weighted by molar-refractivity contribution is 0.625. The average molecular weight is 403 g/mol. The van der Waals surface area contributed by atoms with Crippen molar-refractivity contribution in [3.05, 3.63) is 74.0 Å². The number of pyridine rings is 1. The lowest BCUT2D eigenvalue weighted by atomic mass is 10.2. The van der Waals surface area contributed by atoms with Gasteiger partial charge in [-0.25, -0.2) is 14.4 Å². The molecule has 0 bridgehead atoms. The van der Waals surface area contributed by atoms with Crippen LogP contribution in [0.4, 0.5) is 10.2 Å². The van der Waals surface area contributed by atoms with E-state index in [-0.39, 0.29) is 11.4 Å². The third-order valence-electron chi connectivity index (χ3n) is 3.90. The number of halogens is 2. The molecule has 0 radical (unpaired) electrons. The van der Waals surface area contributed by atoms with Crippen LogP contribution in [0, 0.1) is 19.7 Å². The van der Waals surface area contributed by atoms with Crippen molar-refractivity contribution in [2.24, 2.45) is 0 Å². The lowest BCUT2D eigenvalue weighted by Crippen LogP contribution is -2.14. The highest BCUT2D eigenvalue weighted by Crippen LogP contribution is 2.20. The summed E-state index contributed by atoms with van der Waals surface area (Å²) in [6.45, 7) is 3.97. The summed E-state index contributed by atoms with van der Waals surface area (Å²) in [5, 5.41) is 3.14. The number of hydrogen-bond acceptors (Lipinski definition) is 4. The van der Waals surface area contributed by atoms with Crippen molar-refractivity contribution in [2.75, 3.05) is 5.32 Å². The fourth-order valence-electron chi connectivity index (χ4n) is 2.28. The summed E-state index contributed by atoms with van der Waals surface area (Å²) >= 11 is 3.40. The zero-order valence-electron chi connectivity index (χ0n) is 13.7. The van der Waals surface area contributed by atoms with Crippen molar-refractivity contribution in [3.8, 4) is 11.4 Å². The van der Waals surface area contributed by atoms with E-state index in [1.807, 2.05) is 6.07 Å². The molecule has 128 valence electrons. The summed E-state index contributed by atoms with van der Waals surface area (Å²) in [7, 11) is 0. The van der Waals surface area contributed by atoms with Gasteiger partial charge in [0.25, 0.3) is 5.56 Å². The summed E-state index contributed by atoms with van der Waals surface area (Å²) in [6.07, 6.45) is 1.63. The molecule has 0 amide bonds. The van der Waals surface area contributed by atoms with E-state index in [9.17, 15) is 9.18 Å². The Kier molecular flexibility index (Phi) is 4.94. The Morgan fingerprint density at radius 3 is 2.72 bits per heavy atom. The summed E-state index contributed by atoms with van der Waals surface area (Å²) in [6, 6.07) is 8.15. The van der Waals surface area contributed by atoms with E-state index in [2.05, 4.69) is 36.2 Å². The summed E-state index contributed by atoms with van der Waals surface area (Å²) in [4.78, 5) is 23.3. The molecule has 2 aromatic heterocycles. The summed E-state index contributed by atoms with van der Waals surface area (Å²) in [5.74, 6) is 0.846. The van der Waals surface area contributed by atoms with Gasteiger partial charge in [-0.15, -0.1) is 0 Å². The zero-order chi connectivity index (χ0) is 18.0. The van der Waals surface area contributed by atoms with Crippen molar-refractivity contribution < 1.29 is 4.39 Å². The second kappa shape index (κ2) is 7.14. The van der Waals surface area contributed by atoms with Gasteiger partial charge in [-0.05, 0) is 49.7 Å². The smallest absolute Gasteiger partial charge is 0.254 e. The van der Waals surface area contributed by atoms with E-state index < -0.39 is 0 Å². The Bertz CT molecular complexity index is 970. The molecule has 5 nitrogen and oxygen atoms in total. The topological polar surface area (TPSA) is 70.7 Å². The molecule has 1 aromatic carbocycles. The number of benzene rings is 1. The minimum absolute atomic E-state index is 0.152. The number of nitrogens with one attached hydrogen (secondary N) is 2. The number of nitrogens with zero attached hydrogens (tertiary/aromatic N) is 2. The third kappa shape index (κ3) is 3.93. The maximum Gasteiger partial charge on any atom is 0.254 e. The van der Waals surface area contributed by atoms with Gasteiger partial charge in [0, 0.05) is 34.0 Å². The van der Waals surface area contributed by atoms with E-state index in [4.69, 9.17) is 0 Å². The highest BCUT2D eigenvalue weighted by Gasteiger charge is 2.07. The minimum Gasteiger partial charge on any atom is -0.366 e. The number of aromatic nitrogens is 3. The van der Waals surface area contributed by atoms with Crippen molar-refractivity contribution in [1.29, 1.82) is 0 Å². The molecule has 2 N–H and O–H groups in total. The predicted molar refractivity (Wildman–Crippen MR) is 99.0 cm³/mol. The first-order valence-electron chi connectivity index (χ1n) is 7.66. The number of H-pyrrole nitrogens is 1. The number of hydrogen-bond donors (Lipinski definition) is 2. The molecule has 0 aliphatic heterocycles. The molecule has 7 heteroatoms. The van der Waals surface area contributed by atoms with Crippen LogP contribution in [0.2, 0.25) is 0 Å². The zero-order valence-corrected chi connectivity index (χ0v) is 15.3. The van der Waals surface area contributed by atoms with Gasteiger partial charge in [0.05, 0.1) is 0 Å². The standard InChI is InChI=1S/C18H16BrFN4O/c1-10-11(2)23-17(24-18(10)25)12-3-6-16(21-8-12)22-9-13-7-14(20)4-5-15(13)19/h3-8H,9H2,1-2H3,(H,21,22)(H,23,24,25). The molecule has 0 aliphatic rings. The number of anilines is 1. The average Bonchev–Trinajstić information content (AvgIpc) is 2.60. The number of rotatable bonds is 4. The third-order valence-corrected chi connectivity index (χ3v) is 4.67. The van der Waals surface area contributed by atoms with Crippen LogP contribution >= 0.6 is 15.9 Å². The van der Waals surface area contributed by atoms with Crippen LogP contribution in [0.1, 0.15) is 16.8 Å². The molecule has 3 rings (SSSR count). The predicted octanol–water partition coefficient (Wildman–Crippen LogP) is 3.96. The van der Waals surface area contributed by atoms with Gasteiger partial charge in [-0.3, -0.25) is 4.79 Å². The van der Waals surface area contributed by atoms with Crippen molar-refractivity contribution in [1.82, 2.24) is 15.0 Å². The Morgan fingerprint density at radius 2 is 2.04 bits per heavy atom. The van der Waals surface area contributed by atoms with Crippen molar-refractivity contribution in [2.45, 2.75) is 20.4 Å². The highest BCUT2D eigenvalue weighted by molar-refractivity contribution is 9.10. The van der Waals surface area contributed by atoms with E-state index in [0.29, 0.717) is 29.4 Å². The number of aromatic amines is 1. The van der Waals surface area contributed by atoms with Crippen LogP contribution in [0.25, 0.3) is 11.4 Å². The fraction of sp³-hybridized carbons (Fsp3) is 0.167. The maximum atomic E-state index is 13.3. The molecular weight excluding hydrogens is 387 g/mol. The van der Waals surface area contributed by atoms with Gasteiger partial charge in [0.1, 0.15) is 17.5 Å². The molecule has 0 saturated carbocycles. The molecule has 0 aliphatic carbocycles. The van der Waals surface area contributed by atoms with Gasteiger partial charge >= 0.3 is 0 Å². The molecule has 0 fully saturated rings. The second-order valence-corrected chi connectivity index (χ2v) is 6.50. The molecular formula is C18H16BrFN4O. The van der Waals surface area contributed by atoms with Crippen LogP contribution in [0.5, 0.6) is 0 Å². The molecule has 2 heterocycles. The van der Waals surface area contributed by atoms with Gasteiger partial charge in [0.15, 0.2) is 0 Å². The van der Waals surface area contributed by atoms with E-state index >= 15 is 0 Å². The highest BCUT2D eigenvalue weighted by atomic mass is 79.9. The first-order valence-corrected chi connectivity index (χ1v) is 8.45. The largest absolute Gasteiger partial charge is 0.366 e. The molecule has 0 spiro atoms. The first-order chi connectivity index (χ1) is 11.9.